The van der Waals surface area contributed by atoms with Gasteiger partial charge in [-0.15, -0.1) is 0 Å². The summed E-state index contributed by atoms with van der Waals surface area (Å²) in [6.45, 7) is 21.2. The highest BCUT2D eigenvalue weighted by Crippen LogP contribution is 2.24. The molecule has 0 aliphatic rings. The molecule has 130 valence electrons. The SMILES string of the molecule is C=Cc1cc(C)c([Si](OC)(O[Si](C)(C)C)O[Si](C)(C)C)c(C)c1. The Hall–Kier alpha value is -0.509. The van der Waals surface area contributed by atoms with Crippen LogP contribution in [-0.2, 0) is 12.7 Å². The molecule has 1 aromatic carbocycles. The van der Waals surface area contributed by atoms with E-state index >= 15 is 0 Å². The second kappa shape index (κ2) is 7.16. The third kappa shape index (κ3) is 5.51. The molecule has 1 aromatic rings. The minimum absolute atomic E-state index is 1.11. The van der Waals surface area contributed by atoms with Crippen LogP contribution >= 0.6 is 0 Å². The normalized spacial score (nSPS) is 13.3. The average Bonchev–Trinajstić information content (AvgIpc) is 2.33. The molecule has 0 bridgehead atoms. The lowest BCUT2D eigenvalue weighted by Gasteiger charge is -2.40. The minimum Gasteiger partial charge on any atom is -0.413 e. The number of rotatable bonds is 7. The van der Waals surface area contributed by atoms with Gasteiger partial charge in [-0.2, -0.15) is 0 Å². The average molecular weight is 369 g/mol. The summed E-state index contributed by atoms with van der Waals surface area (Å²) in [6.07, 6.45) is 1.87. The lowest BCUT2D eigenvalue weighted by Crippen LogP contribution is -2.65. The third-order valence-corrected chi connectivity index (χ3v) is 12.2. The molecule has 0 heterocycles. The zero-order chi connectivity index (χ0) is 18.1. The van der Waals surface area contributed by atoms with E-state index in [1.807, 2.05) is 6.08 Å². The van der Waals surface area contributed by atoms with Crippen LogP contribution in [0.1, 0.15) is 16.7 Å². The maximum atomic E-state index is 6.61. The molecule has 0 aliphatic carbocycles. The van der Waals surface area contributed by atoms with E-state index in [-0.39, 0.29) is 0 Å². The molecule has 0 N–H and O–H groups in total. The van der Waals surface area contributed by atoms with Crippen molar-refractivity contribution in [1.82, 2.24) is 0 Å². The van der Waals surface area contributed by atoms with Crippen LogP contribution in [0.3, 0.4) is 0 Å². The van der Waals surface area contributed by atoms with Crippen LogP contribution in [0.5, 0.6) is 0 Å². The van der Waals surface area contributed by atoms with Crippen LogP contribution in [0.15, 0.2) is 18.7 Å². The molecule has 6 heteroatoms. The van der Waals surface area contributed by atoms with Crippen LogP contribution in [-0.4, -0.2) is 32.5 Å². The topological polar surface area (TPSA) is 27.7 Å². The molecule has 1 rings (SSSR count). The lowest BCUT2D eigenvalue weighted by molar-refractivity contribution is 0.217. The van der Waals surface area contributed by atoms with Gasteiger partial charge in [0.1, 0.15) is 0 Å². The Morgan fingerprint density at radius 1 is 0.870 bits per heavy atom. The number of benzene rings is 1. The maximum absolute atomic E-state index is 6.61. The molecule has 0 saturated heterocycles. The van der Waals surface area contributed by atoms with Crippen molar-refractivity contribution < 1.29 is 12.7 Å². The molecule has 0 unspecified atom stereocenters. The standard InChI is InChI=1S/C17H32O3Si3/c1-11-16-12-14(2)17(15(3)13-16)23(18-4,19-21(5,6)7)20-22(8,9)10/h11-13H,1H2,2-10H3. The van der Waals surface area contributed by atoms with Crippen LogP contribution in [0.4, 0.5) is 0 Å². The van der Waals surface area contributed by atoms with E-state index in [4.69, 9.17) is 12.7 Å². The summed E-state index contributed by atoms with van der Waals surface area (Å²) in [5, 5.41) is 1.12. The summed E-state index contributed by atoms with van der Waals surface area (Å²) in [6, 6.07) is 4.27. The fraction of sp³-hybridized carbons (Fsp3) is 0.529. The molecule has 0 saturated carbocycles. The Kier molecular flexibility index (Phi) is 6.40. The quantitative estimate of drug-likeness (QED) is 0.666. The predicted molar refractivity (Wildman–Crippen MR) is 107 cm³/mol. The molecule has 0 aliphatic heterocycles. The van der Waals surface area contributed by atoms with Crippen LogP contribution < -0.4 is 5.19 Å². The van der Waals surface area contributed by atoms with Crippen molar-refractivity contribution in [1.29, 1.82) is 0 Å². The van der Waals surface area contributed by atoms with Gasteiger partial charge in [-0.1, -0.05) is 24.8 Å². The minimum atomic E-state index is -2.95. The number of hydrogen-bond acceptors (Lipinski definition) is 3. The highest BCUT2D eigenvalue weighted by molar-refractivity contribution is 6.91. The molecular formula is C17H32O3Si3. The van der Waals surface area contributed by atoms with Crippen molar-refractivity contribution >= 4 is 36.7 Å². The van der Waals surface area contributed by atoms with Gasteiger partial charge in [-0.25, -0.2) is 0 Å². The van der Waals surface area contributed by atoms with Gasteiger partial charge < -0.3 is 12.7 Å². The van der Waals surface area contributed by atoms with Gasteiger partial charge in [0.15, 0.2) is 16.6 Å². The summed E-state index contributed by atoms with van der Waals surface area (Å²) < 4.78 is 19.3. The molecule has 3 nitrogen and oxygen atoms in total. The van der Waals surface area contributed by atoms with E-state index in [0.29, 0.717) is 0 Å². The van der Waals surface area contributed by atoms with Gasteiger partial charge in [0.2, 0.25) is 0 Å². The van der Waals surface area contributed by atoms with Crippen LogP contribution in [0.2, 0.25) is 39.3 Å². The van der Waals surface area contributed by atoms with E-state index in [0.717, 1.165) is 21.9 Å². The van der Waals surface area contributed by atoms with Gasteiger partial charge in [0, 0.05) is 12.3 Å². The molecule has 0 radical (unpaired) electrons. The van der Waals surface area contributed by atoms with Gasteiger partial charge in [-0.05, 0) is 69.8 Å². The van der Waals surface area contributed by atoms with E-state index < -0.39 is 25.4 Å². The lowest BCUT2D eigenvalue weighted by atomic mass is 10.1. The van der Waals surface area contributed by atoms with Crippen molar-refractivity contribution in [2.45, 2.75) is 53.1 Å². The molecule has 0 amide bonds. The fourth-order valence-corrected chi connectivity index (χ4v) is 12.5. The first-order chi connectivity index (χ1) is 10.3. The Bertz CT molecular complexity index is 532. The Morgan fingerprint density at radius 2 is 1.26 bits per heavy atom. The van der Waals surface area contributed by atoms with E-state index in [1.165, 1.54) is 0 Å². The predicted octanol–water partition coefficient (Wildman–Crippen LogP) is 4.44. The van der Waals surface area contributed by atoms with Gasteiger partial charge in [0.25, 0.3) is 0 Å². The van der Waals surface area contributed by atoms with E-state index in [1.54, 1.807) is 7.11 Å². The molecule has 0 atom stereocenters. The van der Waals surface area contributed by atoms with Gasteiger partial charge in [0.05, 0.1) is 0 Å². The Labute approximate surface area is 145 Å². The summed E-state index contributed by atoms with van der Waals surface area (Å²) in [4.78, 5) is 0. The summed E-state index contributed by atoms with van der Waals surface area (Å²) >= 11 is 0. The van der Waals surface area contributed by atoms with Crippen molar-refractivity contribution in [3.8, 4) is 0 Å². The maximum Gasteiger partial charge on any atom is 0.516 e. The highest BCUT2D eigenvalue weighted by atomic mass is 28.5. The third-order valence-electron chi connectivity index (χ3n) is 3.25. The summed E-state index contributed by atoms with van der Waals surface area (Å²) in [5.41, 5.74) is 3.43. The number of hydrogen-bond donors (Lipinski definition) is 0. The molecule has 0 fully saturated rings. The number of aryl methyl sites for hydroxylation is 2. The Balaban J connectivity index is 3.60. The van der Waals surface area contributed by atoms with Crippen LogP contribution in [0.25, 0.3) is 6.08 Å². The first kappa shape index (κ1) is 20.5. The summed E-state index contributed by atoms with van der Waals surface area (Å²) in [7, 11) is -4.92. The molecule has 0 aromatic heterocycles. The van der Waals surface area contributed by atoms with Gasteiger partial charge >= 0.3 is 8.80 Å². The van der Waals surface area contributed by atoms with Crippen molar-refractivity contribution in [3.63, 3.8) is 0 Å². The van der Waals surface area contributed by atoms with Crippen molar-refractivity contribution in [2.24, 2.45) is 0 Å². The molecule has 0 spiro atoms. The van der Waals surface area contributed by atoms with E-state index in [9.17, 15) is 0 Å². The highest BCUT2D eigenvalue weighted by Gasteiger charge is 2.50. The van der Waals surface area contributed by atoms with Crippen molar-refractivity contribution in [2.75, 3.05) is 7.11 Å². The Morgan fingerprint density at radius 3 is 1.52 bits per heavy atom. The van der Waals surface area contributed by atoms with E-state index in [2.05, 4.69) is 71.8 Å². The fourth-order valence-electron chi connectivity index (χ4n) is 2.71. The second-order valence-electron chi connectivity index (χ2n) is 7.92. The zero-order valence-corrected chi connectivity index (χ0v) is 19.2. The van der Waals surface area contributed by atoms with Gasteiger partial charge in [-0.3, -0.25) is 0 Å². The molecule has 23 heavy (non-hydrogen) atoms. The first-order valence-electron chi connectivity index (χ1n) is 8.03. The zero-order valence-electron chi connectivity index (χ0n) is 16.2. The molecular weight excluding hydrogens is 336 g/mol. The first-order valence-corrected chi connectivity index (χ1v) is 16.6. The van der Waals surface area contributed by atoms with Crippen molar-refractivity contribution in [3.05, 3.63) is 35.4 Å². The van der Waals surface area contributed by atoms with Crippen LogP contribution in [0, 0.1) is 13.8 Å². The largest absolute Gasteiger partial charge is 0.516 e. The monoisotopic (exact) mass is 368 g/mol. The summed E-state index contributed by atoms with van der Waals surface area (Å²) in [5.74, 6) is 0. The second-order valence-corrected chi connectivity index (χ2v) is 20.0. The smallest absolute Gasteiger partial charge is 0.413 e.